The third kappa shape index (κ3) is 3.89. The largest absolute Gasteiger partial charge is 0.303 e. The van der Waals surface area contributed by atoms with E-state index < -0.39 is 4.92 Å². The lowest BCUT2D eigenvalue weighted by Crippen LogP contribution is -1.90. The van der Waals surface area contributed by atoms with E-state index in [-0.39, 0.29) is 5.69 Å². The number of aldehydes is 1. The van der Waals surface area contributed by atoms with E-state index in [0.717, 1.165) is 31.1 Å². The van der Waals surface area contributed by atoms with Crippen LogP contribution in [-0.2, 0) is 11.2 Å². The second-order valence-corrected chi connectivity index (χ2v) is 3.34. The van der Waals surface area contributed by atoms with Gasteiger partial charge in [0.25, 0.3) is 5.69 Å². The number of rotatable bonds is 6. The molecular weight excluding hydrogens is 194 g/mol. The normalized spacial score (nSPS) is 9.87. The molecular formula is C11H13NO3. The Morgan fingerprint density at radius 2 is 1.87 bits per heavy atom. The van der Waals surface area contributed by atoms with E-state index in [1.807, 2.05) is 0 Å². The number of benzene rings is 1. The number of hydrogen-bond donors (Lipinski definition) is 0. The van der Waals surface area contributed by atoms with Gasteiger partial charge in [0.05, 0.1) is 4.92 Å². The Morgan fingerprint density at radius 1 is 1.20 bits per heavy atom. The molecule has 4 heteroatoms. The van der Waals surface area contributed by atoms with Crippen molar-refractivity contribution in [1.82, 2.24) is 0 Å². The second kappa shape index (κ2) is 5.90. The molecule has 0 heterocycles. The van der Waals surface area contributed by atoms with Crippen LogP contribution in [0.2, 0.25) is 0 Å². The average molecular weight is 207 g/mol. The Balaban J connectivity index is 2.42. The molecule has 1 aromatic rings. The topological polar surface area (TPSA) is 60.2 Å². The Kier molecular flexibility index (Phi) is 4.47. The molecule has 15 heavy (non-hydrogen) atoms. The fraction of sp³-hybridized carbons (Fsp3) is 0.364. The van der Waals surface area contributed by atoms with Gasteiger partial charge in [-0.15, -0.1) is 0 Å². The molecule has 0 bridgehead atoms. The molecule has 0 N–H and O–H groups in total. The summed E-state index contributed by atoms with van der Waals surface area (Å²) in [7, 11) is 0. The van der Waals surface area contributed by atoms with Gasteiger partial charge in [-0.25, -0.2) is 0 Å². The summed E-state index contributed by atoms with van der Waals surface area (Å²) >= 11 is 0. The van der Waals surface area contributed by atoms with Crippen molar-refractivity contribution in [3.8, 4) is 0 Å². The van der Waals surface area contributed by atoms with Crippen LogP contribution in [0.1, 0.15) is 24.8 Å². The summed E-state index contributed by atoms with van der Waals surface area (Å²) < 4.78 is 0. The number of aryl methyl sites for hydroxylation is 1. The van der Waals surface area contributed by atoms with E-state index in [2.05, 4.69) is 0 Å². The second-order valence-electron chi connectivity index (χ2n) is 3.34. The molecule has 1 rings (SSSR count). The lowest BCUT2D eigenvalue weighted by atomic mass is 10.1. The lowest BCUT2D eigenvalue weighted by Gasteiger charge is -1.99. The van der Waals surface area contributed by atoms with E-state index in [1.54, 1.807) is 12.1 Å². The zero-order valence-corrected chi connectivity index (χ0v) is 8.39. The van der Waals surface area contributed by atoms with E-state index >= 15 is 0 Å². The standard InChI is InChI=1S/C11H13NO3/c13-9-3-1-2-4-10-5-7-11(8-6-10)12(14)15/h5-9H,1-4H2. The Bertz CT molecular complexity index is 332. The summed E-state index contributed by atoms with van der Waals surface area (Å²) in [6, 6.07) is 6.54. The van der Waals surface area contributed by atoms with Crippen LogP contribution in [0, 0.1) is 10.1 Å². The van der Waals surface area contributed by atoms with Crippen LogP contribution in [0.3, 0.4) is 0 Å². The van der Waals surface area contributed by atoms with Crippen LogP contribution in [-0.4, -0.2) is 11.2 Å². The molecule has 0 fully saturated rings. The van der Waals surface area contributed by atoms with Crippen molar-refractivity contribution in [2.24, 2.45) is 0 Å². The van der Waals surface area contributed by atoms with Gasteiger partial charge in [-0.05, 0) is 24.8 Å². The number of non-ortho nitro benzene ring substituents is 1. The van der Waals surface area contributed by atoms with Gasteiger partial charge in [0.15, 0.2) is 0 Å². The maximum Gasteiger partial charge on any atom is 0.269 e. The van der Waals surface area contributed by atoms with E-state index in [9.17, 15) is 14.9 Å². The minimum absolute atomic E-state index is 0.117. The highest BCUT2D eigenvalue weighted by Crippen LogP contribution is 2.13. The maximum atomic E-state index is 10.4. The van der Waals surface area contributed by atoms with Crippen molar-refractivity contribution in [3.05, 3.63) is 39.9 Å². The number of nitro benzene ring substituents is 1. The third-order valence-electron chi connectivity index (χ3n) is 2.18. The molecule has 0 saturated carbocycles. The Hall–Kier alpha value is -1.71. The molecule has 80 valence electrons. The quantitative estimate of drug-likeness (QED) is 0.311. The summed E-state index contributed by atoms with van der Waals surface area (Å²) in [5, 5.41) is 10.4. The van der Waals surface area contributed by atoms with Crippen LogP contribution < -0.4 is 0 Å². The molecule has 0 unspecified atom stereocenters. The predicted octanol–water partition coefficient (Wildman–Crippen LogP) is 2.51. The van der Waals surface area contributed by atoms with E-state index in [0.29, 0.717) is 6.42 Å². The Labute approximate surface area is 88.1 Å². The van der Waals surface area contributed by atoms with Gasteiger partial charge in [0.2, 0.25) is 0 Å². The molecule has 0 aliphatic rings. The van der Waals surface area contributed by atoms with Crippen molar-refractivity contribution in [2.45, 2.75) is 25.7 Å². The monoisotopic (exact) mass is 207 g/mol. The number of hydrogen-bond acceptors (Lipinski definition) is 3. The SMILES string of the molecule is O=CCCCCc1ccc([N+](=O)[O-])cc1. The first-order valence-electron chi connectivity index (χ1n) is 4.91. The molecule has 0 spiro atoms. The van der Waals surface area contributed by atoms with Gasteiger partial charge < -0.3 is 4.79 Å². The summed E-state index contributed by atoms with van der Waals surface area (Å²) in [4.78, 5) is 20.0. The van der Waals surface area contributed by atoms with Gasteiger partial charge in [-0.1, -0.05) is 12.1 Å². The third-order valence-corrected chi connectivity index (χ3v) is 2.18. The van der Waals surface area contributed by atoms with Crippen LogP contribution in [0.15, 0.2) is 24.3 Å². The highest BCUT2D eigenvalue weighted by atomic mass is 16.6. The molecule has 0 amide bonds. The van der Waals surface area contributed by atoms with E-state index in [4.69, 9.17) is 0 Å². The van der Waals surface area contributed by atoms with Gasteiger partial charge in [-0.2, -0.15) is 0 Å². The van der Waals surface area contributed by atoms with Gasteiger partial charge in [0, 0.05) is 18.6 Å². The molecule has 4 nitrogen and oxygen atoms in total. The first-order chi connectivity index (χ1) is 7.24. The summed E-state index contributed by atoms with van der Waals surface area (Å²) in [6.45, 7) is 0. The minimum Gasteiger partial charge on any atom is -0.303 e. The number of nitro groups is 1. The first kappa shape index (κ1) is 11.4. The smallest absolute Gasteiger partial charge is 0.269 e. The zero-order valence-electron chi connectivity index (χ0n) is 8.39. The van der Waals surface area contributed by atoms with Crippen molar-refractivity contribution in [3.63, 3.8) is 0 Å². The van der Waals surface area contributed by atoms with Crippen LogP contribution in [0.5, 0.6) is 0 Å². The summed E-state index contributed by atoms with van der Waals surface area (Å²) in [6.07, 6.45) is 4.19. The number of unbranched alkanes of at least 4 members (excludes halogenated alkanes) is 2. The van der Waals surface area contributed by atoms with Gasteiger partial charge in [0.1, 0.15) is 6.29 Å². The van der Waals surface area contributed by atoms with E-state index in [1.165, 1.54) is 12.1 Å². The highest BCUT2D eigenvalue weighted by molar-refractivity contribution is 5.48. The minimum atomic E-state index is -0.407. The first-order valence-corrected chi connectivity index (χ1v) is 4.91. The fourth-order valence-electron chi connectivity index (χ4n) is 1.34. The molecule has 0 saturated heterocycles. The predicted molar refractivity (Wildman–Crippen MR) is 56.7 cm³/mol. The average Bonchev–Trinajstić information content (AvgIpc) is 2.25. The van der Waals surface area contributed by atoms with Crippen LogP contribution in [0.4, 0.5) is 5.69 Å². The molecule has 0 aliphatic heterocycles. The Morgan fingerprint density at radius 3 is 2.40 bits per heavy atom. The maximum absolute atomic E-state index is 10.4. The molecule has 1 aromatic carbocycles. The van der Waals surface area contributed by atoms with Crippen molar-refractivity contribution in [1.29, 1.82) is 0 Å². The number of carbonyl (C=O) groups is 1. The lowest BCUT2D eigenvalue weighted by molar-refractivity contribution is -0.384. The van der Waals surface area contributed by atoms with Crippen molar-refractivity contribution >= 4 is 12.0 Å². The fourth-order valence-corrected chi connectivity index (χ4v) is 1.34. The molecule has 0 aromatic heterocycles. The molecule has 0 aliphatic carbocycles. The summed E-state index contributed by atoms with van der Waals surface area (Å²) in [5.74, 6) is 0. The van der Waals surface area contributed by atoms with Gasteiger partial charge >= 0.3 is 0 Å². The highest BCUT2D eigenvalue weighted by Gasteiger charge is 2.03. The van der Waals surface area contributed by atoms with Crippen molar-refractivity contribution in [2.75, 3.05) is 0 Å². The van der Waals surface area contributed by atoms with Crippen LogP contribution >= 0.6 is 0 Å². The summed E-state index contributed by atoms with van der Waals surface area (Å²) in [5.41, 5.74) is 1.19. The number of nitrogens with zero attached hydrogens (tertiary/aromatic N) is 1. The molecule has 0 atom stereocenters. The van der Waals surface area contributed by atoms with Gasteiger partial charge in [-0.3, -0.25) is 10.1 Å². The number of carbonyl (C=O) groups excluding carboxylic acids is 1. The zero-order chi connectivity index (χ0) is 11.1. The van der Waals surface area contributed by atoms with Crippen LogP contribution in [0.25, 0.3) is 0 Å². The molecule has 0 radical (unpaired) electrons. The van der Waals surface area contributed by atoms with Crippen molar-refractivity contribution < 1.29 is 9.72 Å².